The molecule has 0 unspecified atom stereocenters. The van der Waals surface area contributed by atoms with Gasteiger partial charge in [-0.3, -0.25) is 0 Å². The van der Waals surface area contributed by atoms with Gasteiger partial charge in [-0.1, -0.05) is 176 Å². The van der Waals surface area contributed by atoms with E-state index >= 15 is 0 Å². The first-order valence-corrected chi connectivity index (χ1v) is 21.4. The summed E-state index contributed by atoms with van der Waals surface area (Å²) >= 11 is 0. The molecule has 0 aliphatic rings. The van der Waals surface area contributed by atoms with Crippen molar-refractivity contribution in [3.05, 3.63) is 237 Å². The predicted molar refractivity (Wildman–Crippen MR) is 263 cm³/mol. The molecular formula is C60H39NO2. The van der Waals surface area contributed by atoms with Crippen molar-refractivity contribution in [3.8, 4) is 55.6 Å². The molecule has 0 spiro atoms. The fourth-order valence-electron chi connectivity index (χ4n) is 9.41. The van der Waals surface area contributed by atoms with Crippen LogP contribution in [-0.4, -0.2) is 0 Å². The molecule has 0 aliphatic heterocycles. The van der Waals surface area contributed by atoms with Gasteiger partial charge in [0.25, 0.3) is 0 Å². The second-order valence-electron chi connectivity index (χ2n) is 16.0. The van der Waals surface area contributed by atoms with Crippen LogP contribution in [0.5, 0.6) is 0 Å². The summed E-state index contributed by atoms with van der Waals surface area (Å²) in [7, 11) is 0. The zero-order valence-corrected chi connectivity index (χ0v) is 34.3. The van der Waals surface area contributed by atoms with Gasteiger partial charge in [-0.2, -0.15) is 0 Å². The second kappa shape index (κ2) is 15.3. The summed E-state index contributed by atoms with van der Waals surface area (Å²) in [6.07, 6.45) is 0. The lowest BCUT2D eigenvalue weighted by molar-refractivity contribution is 0.668. The van der Waals surface area contributed by atoms with Crippen molar-refractivity contribution in [1.82, 2.24) is 0 Å². The maximum atomic E-state index is 6.43. The minimum Gasteiger partial charge on any atom is -0.456 e. The number of para-hydroxylation sites is 2. The Morgan fingerprint density at radius 3 is 1.25 bits per heavy atom. The van der Waals surface area contributed by atoms with E-state index in [2.05, 4.69) is 217 Å². The molecule has 0 saturated heterocycles. The summed E-state index contributed by atoms with van der Waals surface area (Å²) < 4.78 is 12.7. The van der Waals surface area contributed by atoms with Crippen LogP contribution in [0.25, 0.3) is 99.5 Å². The maximum Gasteiger partial charge on any atom is 0.137 e. The van der Waals surface area contributed by atoms with Crippen LogP contribution in [-0.2, 0) is 0 Å². The Balaban J connectivity index is 0.956. The molecule has 3 heteroatoms. The molecule has 0 saturated carbocycles. The van der Waals surface area contributed by atoms with Gasteiger partial charge in [-0.25, -0.2) is 0 Å². The zero-order valence-electron chi connectivity index (χ0n) is 34.3. The molecule has 10 aromatic carbocycles. The molecule has 0 radical (unpaired) electrons. The molecule has 0 atom stereocenters. The van der Waals surface area contributed by atoms with Gasteiger partial charge in [0.15, 0.2) is 0 Å². The van der Waals surface area contributed by atoms with Crippen LogP contribution >= 0.6 is 0 Å². The molecule has 0 N–H and O–H groups in total. The third kappa shape index (κ3) is 6.38. The summed E-state index contributed by atoms with van der Waals surface area (Å²) in [5, 5.41) is 4.47. The summed E-state index contributed by atoms with van der Waals surface area (Å²) in [5.41, 5.74) is 18.4. The normalized spacial score (nSPS) is 11.5. The maximum absolute atomic E-state index is 6.43. The van der Waals surface area contributed by atoms with Crippen LogP contribution in [0.1, 0.15) is 0 Å². The van der Waals surface area contributed by atoms with Crippen LogP contribution in [0.3, 0.4) is 0 Å². The number of rotatable bonds is 8. The predicted octanol–water partition coefficient (Wildman–Crippen LogP) is 17.3. The smallest absolute Gasteiger partial charge is 0.137 e. The Hall–Kier alpha value is -8.40. The van der Waals surface area contributed by atoms with Crippen molar-refractivity contribution < 1.29 is 8.83 Å². The van der Waals surface area contributed by atoms with E-state index in [1.807, 2.05) is 24.3 Å². The summed E-state index contributed by atoms with van der Waals surface area (Å²) in [4.78, 5) is 2.32. The van der Waals surface area contributed by atoms with Crippen LogP contribution < -0.4 is 4.90 Å². The van der Waals surface area contributed by atoms with E-state index in [4.69, 9.17) is 8.83 Å². The molecule has 2 heterocycles. The van der Waals surface area contributed by atoms with Gasteiger partial charge in [0, 0.05) is 44.7 Å². The fraction of sp³-hybridized carbons (Fsp3) is 0. The highest BCUT2D eigenvalue weighted by Crippen LogP contribution is 2.44. The van der Waals surface area contributed by atoms with Crippen molar-refractivity contribution in [2.24, 2.45) is 0 Å². The highest BCUT2D eigenvalue weighted by atomic mass is 16.3. The fourth-order valence-corrected chi connectivity index (χ4v) is 9.41. The molecule has 3 nitrogen and oxygen atoms in total. The minimum atomic E-state index is 0.854. The molecule has 0 fully saturated rings. The van der Waals surface area contributed by atoms with Gasteiger partial charge < -0.3 is 13.7 Å². The van der Waals surface area contributed by atoms with Crippen molar-refractivity contribution >= 4 is 60.9 Å². The quantitative estimate of drug-likeness (QED) is 0.153. The van der Waals surface area contributed by atoms with Crippen LogP contribution in [0.15, 0.2) is 245 Å². The average molecular weight is 806 g/mol. The van der Waals surface area contributed by atoms with Crippen LogP contribution in [0, 0.1) is 0 Å². The van der Waals surface area contributed by atoms with Gasteiger partial charge in [-0.15, -0.1) is 0 Å². The van der Waals surface area contributed by atoms with Crippen molar-refractivity contribution in [2.75, 3.05) is 4.90 Å². The molecule has 2 aromatic heterocycles. The van der Waals surface area contributed by atoms with E-state index in [9.17, 15) is 0 Å². The molecule has 0 amide bonds. The molecule has 63 heavy (non-hydrogen) atoms. The van der Waals surface area contributed by atoms with Gasteiger partial charge in [0.2, 0.25) is 0 Å². The van der Waals surface area contributed by atoms with Crippen molar-refractivity contribution in [2.45, 2.75) is 0 Å². The Morgan fingerprint density at radius 2 is 0.635 bits per heavy atom. The van der Waals surface area contributed by atoms with Crippen LogP contribution in [0.4, 0.5) is 17.1 Å². The molecule has 12 aromatic rings. The lowest BCUT2D eigenvalue weighted by atomic mass is 9.87. The standard InChI is InChI=1S/C60H39NO2/c1-2-15-40(16-3-1)46-17-4-6-19-49(46)51-21-8-9-22-52(51)50-20-7-5-18-47(50)41-29-33-43(34-30-41)61(45-37-38-54-53-23-10-12-26-56(53)63-59(54)39-45)44-35-31-42(32-36-44)48-25-14-28-58-60(48)55-24-11-13-27-57(55)62-58/h1-39H. The first kappa shape index (κ1) is 36.5. The van der Waals surface area contributed by atoms with E-state index in [1.54, 1.807) is 0 Å². The highest BCUT2D eigenvalue weighted by molar-refractivity contribution is 6.12. The number of furan rings is 2. The Morgan fingerprint density at radius 1 is 0.238 bits per heavy atom. The first-order chi connectivity index (χ1) is 31.2. The number of nitrogens with zero attached hydrogens (tertiary/aromatic N) is 1. The van der Waals surface area contributed by atoms with E-state index in [-0.39, 0.29) is 0 Å². The topological polar surface area (TPSA) is 29.5 Å². The van der Waals surface area contributed by atoms with Gasteiger partial charge in [0.05, 0.1) is 0 Å². The Labute approximate surface area is 365 Å². The van der Waals surface area contributed by atoms with Gasteiger partial charge in [-0.05, 0) is 110 Å². The first-order valence-electron chi connectivity index (χ1n) is 21.4. The van der Waals surface area contributed by atoms with E-state index in [0.717, 1.165) is 77.6 Å². The molecule has 0 aliphatic carbocycles. The summed E-state index contributed by atoms with van der Waals surface area (Å²) in [5.74, 6) is 0. The zero-order chi connectivity index (χ0) is 41.7. The number of hydrogen-bond donors (Lipinski definition) is 0. The largest absolute Gasteiger partial charge is 0.456 e. The summed E-state index contributed by atoms with van der Waals surface area (Å²) in [6.45, 7) is 0. The van der Waals surface area contributed by atoms with Crippen molar-refractivity contribution in [1.29, 1.82) is 0 Å². The lowest BCUT2D eigenvalue weighted by Gasteiger charge is -2.26. The van der Waals surface area contributed by atoms with E-state index < -0.39 is 0 Å². The second-order valence-corrected chi connectivity index (χ2v) is 16.0. The molecule has 0 bridgehead atoms. The lowest BCUT2D eigenvalue weighted by Crippen LogP contribution is -2.09. The minimum absolute atomic E-state index is 0.854. The number of hydrogen-bond acceptors (Lipinski definition) is 3. The Bertz CT molecular complexity index is 3620. The van der Waals surface area contributed by atoms with Gasteiger partial charge in [0.1, 0.15) is 22.3 Å². The highest BCUT2D eigenvalue weighted by Gasteiger charge is 2.19. The number of fused-ring (bicyclic) bond motifs is 6. The molecule has 296 valence electrons. The number of benzene rings is 10. The van der Waals surface area contributed by atoms with E-state index in [0.29, 0.717) is 0 Å². The summed E-state index contributed by atoms with van der Waals surface area (Å²) in [6, 6.07) is 84.1. The SMILES string of the molecule is c1ccc(-c2ccccc2-c2ccccc2-c2ccccc2-c2ccc(N(c3ccc(-c4cccc5oc6ccccc6c45)cc3)c3ccc4c(c3)oc3ccccc34)cc2)cc1. The van der Waals surface area contributed by atoms with E-state index in [1.165, 1.54) is 38.9 Å². The van der Waals surface area contributed by atoms with Crippen molar-refractivity contribution in [3.63, 3.8) is 0 Å². The molecular weight excluding hydrogens is 767 g/mol. The monoisotopic (exact) mass is 805 g/mol. The van der Waals surface area contributed by atoms with Crippen LogP contribution in [0.2, 0.25) is 0 Å². The molecule has 12 rings (SSSR count). The third-order valence-electron chi connectivity index (χ3n) is 12.3. The van der Waals surface area contributed by atoms with Gasteiger partial charge >= 0.3 is 0 Å². The Kier molecular flexibility index (Phi) is 8.83. The number of anilines is 3. The average Bonchev–Trinajstić information content (AvgIpc) is 3.93. The third-order valence-corrected chi connectivity index (χ3v) is 12.3.